The number of hydrogen-bond donors (Lipinski definition) is 0. The van der Waals surface area contributed by atoms with Gasteiger partial charge in [-0.05, 0) is 43.3 Å². The summed E-state index contributed by atoms with van der Waals surface area (Å²) in [5, 5.41) is 9.56. The fourth-order valence-electron chi connectivity index (χ4n) is 3.81. The second kappa shape index (κ2) is 10.4. The van der Waals surface area contributed by atoms with Crippen LogP contribution in [0.4, 0.5) is 18.9 Å². The monoisotopic (exact) mass is 491 g/mol. The molecule has 34 heavy (non-hydrogen) atoms. The van der Waals surface area contributed by atoms with Crippen LogP contribution in [0.25, 0.3) is 10.6 Å². The zero-order chi connectivity index (χ0) is 24.1. The molecule has 0 saturated carbocycles. The van der Waals surface area contributed by atoms with Gasteiger partial charge in [-0.25, -0.2) is 0 Å². The first-order chi connectivity index (χ1) is 16.3. The maximum absolute atomic E-state index is 13.2. The van der Waals surface area contributed by atoms with Gasteiger partial charge >= 0.3 is 12.1 Å². The number of nitrogens with zero attached hydrogens (tertiary/aromatic N) is 3. The highest BCUT2D eigenvalue weighted by molar-refractivity contribution is 7.14. The molecule has 0 aliphatic carbocycles. The van der Waals surface area contributed by atoms with Gasteiger partial charge in [-0.15, -0.1) is 10.2 Å². The van der Waals surface area contributed by atoms with Gasteiger partial charge in [0.25, 0.3) is 0 Å². The van der Waals surface area contributed by atoms with Crippen LogP contribution in [0.15, 0.2) is 48.5 Å². The zero-order valence-corrected chi connectivity index (χ0v) is 19.4. The van der Waals surface area contributed by atoms with E-state index in [1.165, 1.54) is 23.5 Å². The zero-order valence-electron chi connectivity index (χ0n) is 18.5. The molecule has 1 fully saturated rings. The predicted octanol–water partition coefficient (Wildman–Crippen LogP) is 5.38. The van der Waals surface area contributed by atoms with Crippen LogP contribution in [-0.2, 0) is 22.1 Å². The van der Waals surface area contributed by atoms with Crippen molar-refractivity contribution in [3.8, 4) is 16.3 Å². The minimum absolute atomic E-state index is 0.105. The van der Waals surface area contributed by atoms with E-state index in [0.29, 0.717) is 37.5 Å². The molecule has 4 rings (SSSR count). The molecule has 0 unspecified atom stereocenters. The molecule has 0 N–H and O–H groups in total. The van der Waals surface area contributed by atoms with Crippen molar-refractivity contribution in [2.45, 2.75) is 38.5 Å². The topological polar surface area (TPSA) is 64.5 Å². The summed E-state index contributed by atoms with van der Waals surface area (Å²) in [4.78, 5) is 13.8. The summed E-state index contributed by atoms with van der Waals surface area (Å²) in [6, 6.07) is 13.2. The van der Waals surface area contributed by atoms with Crippen LogP contribution in [0, 0.1) is 0 Å². The summed E-state index contributed by atoms with van der Waals surface area (Å²) < 4.78 is 50.3. The van der Waals surface area contributed by atoms with Gasteiger partial charge in [0.2, 0.25) is 0 Å². The van der Waals surface area contributed by atoms with Crippen molar-refractivity contribution in [1.29, 1.82) is 0 Å². The highest BCUT2D eigenvalue weighted by Gasteiger charge is 2.35. The highest BCUT2D eigenvalue weighted by atomic mass is 32.1. The van der Waals surface area contributed by atoms with Crippen molar-refractivity contribution < 1.29 is 27.4 Å². The largest absolute Gasteiger partial charge is 0.490 e. The lowest BCUT2D eigenvalue weighted by molar-refractivity contribution is -0.142. The molecule has 0 spiro atoms. The first kappa shape index (κ1) is 24.0. The highest BCUT2D eigenvalue weighted by Crippen LogP contribution is 2.37. The Morgan fingerprint density at radius 1 is 1.09 bits per heavy atom. The summed E-state index contributed by atoms with van der Waals surface area (Å²) in [6.45, 7) is 3.45. The normalized spacial score (nSPS) is 14.8. The number of alkyl halides is 3. The second-order valence-electron chi connectivity index (χ2n) is 7.83. The first-order valence-electron chi connectivity index (χ1n) is 11.0. The quantitative estimate of drug-likeness (QED) is 0.414. The van der Waals surface area contributed by atoms with Gasteiger partial charge in [0.1, 0.15) is 21.9 Å². The van der Waals surface area contributed by atoms with Crippen molar-refractivity contribution in [2.75, 3.05) is 24.6 Å². The molecule has 1 aliphatic rings. The lowest BCUT2D eigenvalue weighted by Crippen LogP contribution is -2.38. The molecule has 180 valence electrons. The van der Waals surface area contributed by atoms with Gasteiger partial charge in [-0.1, -0.05) is 23.5 Å². The maximum atomic E-state index is 13.2. The molecular weight excluding hydrogens is 467 g/mol. The molecule has 0 bridgehead atoms. The number of para-hydroxylation sites is 1. The van der Waals surface area contributed by atoms with E-state index in [2.05, 4.69) is 15.1 Å². The minimum atomic E-state index is -4.44. The average molecular weight is 492 g/mol. The first-order valence-corrected chi connectivity index (χ1v) is 11.8. The Labute approximate surface area is 199 Å². The summed E-state index contributed by atoms with van der Waals surface area (Å²) in [5.41, 5.74) is 1.18. The van der Waals surface area contributed by atoms with Crippen molar-refractivity contribution in [3.05, 3.63) is 59.1 Å². The van der Waals surface area contributed by atoms with Crippen LogP contribution in [0.5, 0.6) is 5.75 Å². The maximum Gasteiger partial charge on any atom is 0.419 e. The third-order valence-corrected chi connectivity index (χ3v) is 6.45. The van der Waals surface area contributed by atoms with Gasteiger partial charge in [0, 0.05) is 37.2 Å². The van der Waals surface area contributed by atoms with E-state index in [0.717, 1.165) is 22.3 Å². The summed E-state index contributed by atoms with van der Waals surface area (Å²) in [7, 11) is 0. The fourth-order valence-corrected chi connectivity index (χ4v) is 4.64. The summed E-state index contributed by atoms with van der Waals surface area (Å²) in [6.07, 6.45) is -3.35. The van der Waals surface area contributed by atoms with Crippen LogP contribution in [0.1, 0.15) is 30.3 Å². The molecule has 6 nitrogen and oxygen atoms in total. The Hall–Kier alpha value is -3.14. The van der Waals surface area contributed by atoms with Gasteiger partial charge in [-0.2, -0.15) is 13.2 Å². The third kappa shape index (κ3) is 5.85. The van der Waals surface area contributed by atoms with Crippen molar-refractivity contribution >= 4 is 23.0 Å². The molecule has 0 atom stereocenters. The number of carbonyl (C=O) groups excluding carboxylic acids is 1. The SMILES string of the molecule is CCOC(=O)Cc1nnc(-c2ccc(N3CCC(Oc4ccccc4C(F)(F)F)CC3)cc2)s1. The number of carbonyl (C=O) groups is 1. The Kier molecular flexibility index (Phi) is 7.35. The van der Waals surface area contributed by atoms with Gasteiger partial charge < -0.3 is 14.4 Å². The summed E-state index contributed by atoms with van der Waals surface area (Å²) in [5.74, 6) is -0.438. The summed E-state index contributed by atoms with van der Waals surface area (Å²) >= 11 is 1.35. The number of esters is 1. The number of aromatic nitrogens is 2. The van der Waals surface area contributed by atoms with E-state index in [-0.39, 0.29) is 24.2 Å². The molecule has 1 aromatic heterocycles. The molecular formula is C24H24F3N3O3S. The Morgan fingerprint density at radius 2 is 1.79 bits per heavy atom. The smallest absolute Gasteiger partial charge is 0.419 e. The molecule has 0 amide bonds. The Morgan fingerprint density at radius 3 is 2.47 bits per heavy atom. The minimum Gasteiger partial charge on any atom is -0.490 e. The predicted molar refractivity (Wildman–Crippen MR) is 123 cm³/mol. The number of piperidine rings is 1. The van der Waals surface area contributed by atoms with E-state index >= 15 is 0 Å². The van der Waals surface area contributed by atoms with E-state index in [1.54, 1.807) is 13.0 Å². The second-order valence-corrected chi connectivity index (χ2v) is 8.89. The van der Waals surface area contributed by atoms with Crippen LogP contribution in [-0.4, -0.2) is 42.0 Å². The molecule has 10 heteroatoms. The van der Waals surface area contributed by atoms with E-state index in [4.69, 9.17) is 9.47 Å². The fraction of sp³-hybridized carbons (Fsp3) is 0.375. The third-order valence-electron chi connectivity index (χ3n) is 5.48. The van der Waals surface area contributed by atoms with Crippen molar-refractivity contribution in [3.63, 3.8) is 0 Å². The molecule has 3 aromatic rings. The molecule has 1 saturated heterocycles. The van der Waals surface area contributed by atoms with Gasteiger partial charge in [-0.3, -0.25) is 4.79 Å². The van der Waals surface area contributed by atoms with Crippen molar-refractivity contribution in [2.24, 2.45) is 0 Å². The molecule has 0 radical (unpaired) electrons. The standard InChI is InChI=1S/C24H24F3N3O3S/c1-2-32-22(31)15-21-28-29-23(34-21)16-7-9-17(10-8-16)30-13-11-18(12-14-30)33-20-6-4-3-5-19(20)24(25,26)27/h3-10,18H,2,11-15H2,1H3. The van der Waals surface area contributed by atoms with E-state index in [1.807, 2.05) is 24.3 Å². The van der Waals surface area contributed by atoms with Crippen molar-refractivity contribution in [1.82, 2.24) is 10.2 Å². The van der Waals surface area contributed by atoms with Crippen LogP contribution in [0.3, 0.4) is 0 Å². The lowest BCUT2D eigenvalue weighted by Gasteiger charge is -2.34. The van der Waals surface area contributed by atoms with Gasteiger partial charge in [0.15, 0.2) is 0 Å². The van der Waals surface area contributed by atoms with E-state index in [9.17, 15) is 18.0 Å². The molecule has 2 aromatic carbocycles. The van der Waals surface area contributed by atoms with Crippen LogP contribution in [0.2, 0.25) is 0 Å². The lowest BCUT2D eigenvalue weighted by atomic mass is 10.1. The number of hydrogen-bond acceptors (Lipinski definition) is 7. The van der Waals surface area contributed by atoms with Crippen LogP contribution < -0.4 is 9.64 Å². The van der Waals surface area contributed by atoms with Gasteiger partial charge in [0.05, 0.1) is 18.6 Å². The number of halogens is 3. The number of anilines is 1. The molecule has 1 aliphatic heterocycles. The number of rotatable bonds is 7. The van der Waals surface area contributed by atoms with Crippen LogP contribution >= 0.6 is 11.3 Å². The Bertz CT molecular complexity index is 1110. The average Bonchev–Trinajstić information content (AvgIpc) is 3.28. The van der Waals surface area contributed by atoms with E-state index < -0.39 is 11.7 Å². The molecule has 2 heterocycles. The Balaban J connectivity index is 1.33. The number of benzene rings is 2. The number of ether oxygens (including phenoxy) is 2.